The maximum Gasteiger partial charge on any atom is 0.220 e. The lowest BCUT2D eigenvalue weighted by atomic mass is 10.1. The molecule has 1 aliphatic rings. The number of ether oxygens (including phenoxy) is 1. The molecule has 2 N–H and O–H groups in total. The van der Waals surface area contributed by atoms with Crippen LogP contribution in [0.1, 0.15) is 29.8 Å². The van der Waals surface area contributed by atoms with E-state index in [9.17, 15) is 4.79 Å². The first kappa shape index (κ1) is 14.1. The highest BCUT2D eigenvalue weighted by molar-refractivity contribution is 5.80. The molecule has 1 aromatic carbocycles. The Hall–Kier alpha value is -1.88. The quantitative estimate of drug-likeness (QED) is 0.906. The third kappa shape index (κ3) is 3.08. The predicted octanol–water partition coefficient (Wildman–Crippen LogP) is 2.22. The first-order chi connectivity index (χ1) is 10.1. The van der Waals surface area contributed by atoms with Crippen molar-refractivity contribution in [3.05, 3.63) is 29.1 Å². The van der Waals surface area contributed by atoms with Crippen LogP contribution in [0.5, 0.6) is 0 Å². The maximum atomic E-state index is 11.9. The van der Waals surface area contributed by atoms with Gasteiger partial charge in [-0.15, -0.1) is 0 Å². The molecule has 1 atom stereocenters. The first-order valence-corrected chi connectivity index (χ1v) is 7.42. The van der Waals surface area contributed by atoms with Crippen LogP contribution in [0.3, 0.4) is 0 Å². The SMILES string of the molecule is Cc1ccc2[nH]c(CNC(=O)C[C@@H]3CCOC3)nc2c1C. The normalized spacial score (nSPS) is 18.3. The van der Waals surface area contributed by atoms with Crippen LogP contribution in [0.4, 0.5) is 0 Å². The van der Waals surface area contributed by atoms with Crippen molar-refractivity contribution in [1.82, 2.24) is 15.3 Å². The highest BCUT2D eigenvalue weighted by Crippen LogP contribution is 2.19. The number of aromatic nitrogens is 2. The molecule has 5 heteroatoms. The van der Waals surface area contributed by atoms with Gasteiger partial charge in [-0.3, -0.25) is 4.79 Å². The Bertz CT molecular complexity index is 657. The molecule has 1 fully saturated rings. The van der Waals surface area contributed by atoms with Gasteiger partial charge < -0.3 is 15.0 Å². The average Bonchev–Trinajstić information content (AvgIpc) is 3.10. The minimum absolute atomic E-state index is 0.0684. The van der Waals surface area contributed by atoms with Gasteiger partial charge in [0, 0.05) is 19.6 Å². The topological polar surface area (TPSA) is 67.0 Å². The van der Waals surface area contributed by atoms with Gasteiger partial charge in [-0.05, 0) is 43.4 Å². The van der Waals surface area contributed by atoms with E-state index in [-0.39, 0.29) is 5.91 Å². The fraction of sp³-hybridized carbons (Fsp3) is 0.500. The van der Waals surface area contributed by atoms with Crippen LogP contribution >= 0.6 is 0 Å². The van der Waals surface area contributed by atoms with Crippen molar-refractivity contribution in [1.29, 1.82) is 0 Å². The standard InChI is InChI=1S/C16H21N3O2/c1-10-3-4-13-16(11(10)2)19-14(18-13)8-17-15(20)7-12-5-6-21-9-12/h3-4,12H,5-9H2,1-2H3,(H,17,20)(H,18,19)/t12-/m0/s1. The van der Waals surface area contributed by atoms with E-state index in [0.29, 0.717) is 25.5 Å². The number of nitrogens with one attached hydrogen (secondary N) is 2. The third-order valence-electron chi connectivity index (χ3n) is 4.18. The molecule has 0 bridgehead atoms. The van der Waals surface area contributed by atoms with Gasteiger partial charge in [0.25, 0.3) is 0 Å². The van der Waals surface area contributed by atoms with Crippen molar-refractivity contribution in [2.45, 2.75) is 33.2 Å². The molecule has 0 aliphatic carbocycles. The molecular formula is C16H21N3O2. The van der Waals surface area contributed by atoms with E-state index < -0.39 is 0 Å². The Kier molecular flexibility index (Phi) is 3.92. The molecule has 1 saturated heterocycles. The molecule has 2 aromatic rings. The first-order valence-electron chi connectivity index (χ1n) is 7.42. The van der Waals surface area contributed by atoms with Crippen LogP contribution in [0.2, 0.25) is 0 Å². The summed E-state index contributed by atoms with van der Waals surface area (Å²) >= 11 is 0. The molecule has 1 amide bonds. The Labute approximate surface area is 124 Å². The summed E-state index contributed by atoms with van der Waals surface area (Å²) in [6, 6.07) is 4.12. The van der Waals surface area contributed by atoms with E-state index >= 15 is 0 Å². The highest BCUT2D eigenvalue weighted by atomic mass is 16.5. The van der Waals surface area contributed by atoms with Crippen LogP contribution in [0, 0.1) is 19.8 Å². The second kappa shape index (κ2) is 5.85. The van der Waals surface area contributed by atoms with Gasteiger partial charge >= 0.3 is 0 Å². The largest absolute Gasteiger partial charge is 0.381 e. The number of amides is 1. The predicted molar refractivity (Wildman–Crippen MR) is 81.0 cm³/mol. The lowest BCUT2D eigenvalue weighted by Gasteiger charge is -2.07. The number of hydrogen-bond donors (Lipinski definition) is 2. The Morgan fingerprint density at radius 3 is 3.10 bits per heavy atom. The van der Waals surface area contributed by atoms with E-state index in [1.165, 1.54) is 11.1 Å². The molecule has 0 spiro atoms. The highest BCUT2D eigenvalue weighted by Gasteiger charge is 2.19. The molecule has 1 aliphatic heterocycles. The fourth-order valence-corrected chi connectivity index (χ4v) is 2.71. The third-order valence-corrected chi connectivity index (χ3v) is 4.18. The maximum absolute atomic E-state index is 11.9. The molecule has 2 heterocycles. The zero-order valence-corrected chi connectivity index (χ0v) is 12.5. The lowest BCUT2D eigenvalue weighted by molar-refractivity contribution is -0.122. The van der Waals surface area contributed by atoms with Gasteiger partial charge in [-0.2, -0.15) is 0 Å². The number of hydrogen-bond acceptors (Lipinski definition) is 3. The molecule has 5 nitrogen and oxygen atoms in total. The zero-order valence-electron chi connectivity index (χ0n) is 12.5. The molecule has 0 radical (unpaired) electrons. The van der Waals surface area contributed by atoms with Gasteiger partial charge in [-0.1, -0.05) is 6.07 Å². The number of fused-ring (bicyclic) bond motifs is 1. The van der Waals surface area contributed by atoms with E-state index in [1.807, 2.05) is 6.07 Å². The molecule has 0 unspecified atom stereocenters. The summed E-state index contributed by atoms with van der Waals surface area (Å²) in [6.07, 6.45) is 1.52. The number of H-pyrrole nitrogens is 1. The summed E-state index contributed by atoms with van der Waals surface area (Å²) in [7, 11) is 0. The number of benzene rings is 1. The van der Waals surface area contributed by atoms with Crippen molar-refractivity contribution in [3.63, 3.8) is 0 Å². The number of rotatable bonds is 4. The average molecular weight is 287 g/mol. The smallest absolute Gasteiger partial charge is 0.220 e. The minimum atomic E-state index is 0.0684. The Morgan fingerprint density at radius 2 is 2.33 bits per heavy atom. The molecule has 21 heavy (non-hydrogen) atoms. The van der Waals surface area contributed by atoms with Crippen molar-refractivity contribution in [3.8, 4) is 0 Å². The number of carbonyl (C=O) groups excluding carboxylic acids is 1. The molecule has 1 aromatic heterocycles. The van der Waals surface area contributed by atoms with Crippen LogP contribution in [0.25, 0.3) is 11.0 Å². The summed E-state index contributed by atoms with van der Waals surface area (Å²) in [4.78, 5) is 19.7. The second-order valence-electron chi connectivity index (χ2n) is 5.80. The van der Waals surface area contributed by atoms with Gasteiger partial charge in [-0.25, -0.2) is 4.98 Å². The van der Waals surface area contributed by atoms with E-state index in [4.69, 9.17) is 4.74 Å². The zero-order chi connectivity index (χ0) is 14.8. The van der Waals surface area contributed by atoms with Gasteiger partial charge in [0.05, 0.1) is 17.6 Å². The number of aromatic amines is 1. The number of imidazole rings is 1. The molecule has 3 rings (SSSR count). The second-order valence-corrected chi connectivity index (χ2v) is 5.80. The van der Waals surface area contributed by atoms with Crippen molar-refractivity contribution < 1.29 is 9.53 Å². The van der Waals surface area contributed by atoms with E-state index in [0.717, 1.165) is 29.9 Å². The monoisotopic (exact) mass is 287 g/mol. The molecule has 0 saturated carbocycles. The van der Waals surface area contributed by atoms with Crippen LogP contribution in [-0.2, 0) is 16.1 Å². The van der Waals surface area contributed by atoms with Gasteiger partial charge in [0.1, 0.15) is 5.82 Å². The van der Waals surface area contributed by atoms with Crippen molar-refractivity contribution in [2.24, 2.45) is 5.92 Å². The van der Waals surface area contributed by atoms with Gasteiger partial charge in [0.2, 0.25) is 5.91 Å². The summed E-state index contributed by atoms with van der Waals surface area (Å²) in [5.41, 5.74) is 4.42. The summed E-state index contributed by atoms with van der Waals surface area (Å²) in [5, 5.41) is 2.93. The molecular weight excluding hydrogens is 266 g/mol. The van der Waals surface area contributed by atoms with Crippen LogP contribution in [0.15, 0.2) is 12.1 Å². The Balaban J connectivity index is 1.62. The Morgan fingerprint density at radius 1 is 1.48 bits per heavy atom. The van der Waals surface area contributed by atoms with E-state index in [1.54, 1.807) is 0 Å². The van der Waals surface area contributed by atoms with E-state index in [2.05, 4.69) is 35.2 Å². The van der Waals surface area contributed by atoms with Crippen LogP contribution in [-0.4, -0.2) is 29.1 Å². The number of nitrogens with zero attached hydrogens (tertiary/aromatic N) is 1. The van der Waals surface area contributed by atoms with Crippen LogP contribution < -0.4 is 5.32 Å². The van der Waals surface area contributed by atoms with Crippen molar-refractivity contribution in [2.75, 3.05) is 13.2 Å². The van der Waals surface area contributed by atoms with Crippen molar-refractivity contribution >= 4 is 16.9 Å². The molecule has 112 valence electrons. The minimum Gasteiger partial charge on any atom is -0.381 e. The fourth-order valence-electron chi connectivity index (χ4n) is 2.71. The summed E-state index contributed by atoms with van der Waals surface area (Å²) < 4.78 is 5.29. The summed E-state index contributed by atoms with van der Waals surface area (Å²) in [5.74, 6) is 1.24. The number of carbonyl (C=O) groups is 1. The summed E-state index contributed by atoms with van der Waals surface area (Å²) in [6.45, 7) is 6.08. The number of aryl methyl sites for hydroxylation is 2. The lowest BCUT2D eigenvalue weighted by Crippen LogP contribution is -2.25. The van der Waals surface area contributed by atoms with Gasteiger partial charge in [0.15, 0.2) is 0 Å².